The van der Waals surface area contributed by atoms with Crippen LogP contribution in [0.1, 0.15) is 25.1 Å². The number of rotatable bonds is 7. The number of benzene rings is 1. The Hall–Kier alpha value is -1.76. The fourth-order valence-corrected chi connectivity index (χ4v) is 4.65. The molecule has 1 aliphatic heterocycles. The van der Waals surface area contributed by atoms with Crippen LogP contribution in [-0.2, 0) is 11.2 Å². The molecule has 1 amide bonds. The Bertz CT molecular complexity index is 768. The molecule has 0 radical (unpaired) electrons. The van der Waals surface area contributed by atoms with Crippen molar-refractivity contribution in [3.05, 3.63) is 52.5 Å². The molecule has 6 heteroatoms. The first-order valence-electron chi connectivity index (χ1n) is 9.94. The number of amides is 1. The summed E-state index contributed by atoms with van der Waals surface area (Å²) in [5.41, 5.74) is 0.316. The number of carbonyl (C=O) groups excluding carboxylic acids is 1. The van der Waals surface area contributed by atoms with Gasteiger partial charge in [-0.05, 0) is 42.3 Å². The van der Waals surface area contributed by atoms with E-state index in [9.17, 15) is 14.3 Å². The van der Waals surface area contributed by atoms with Crippen LogP contribution < -0.4 is 4.90 Å². The molecule has 2 aromatic rings. The van der Waals surface area contributed by atoms with Crippen molar-refractivity contribution in [3.63, 3.8) is 0 Å². The SMILES string of the molecule is CC(CO)C(=O)N(c1ccccc1F)C1CCN(CCc2cccs2)CC1C. The topological polar surface area (TPSA) is 43.8 Å². The third-order valence-electron chi connectivity index (χ3n) is 5.58. The Morgan fingerprint density at radius 2 is 2.14 bits per heavy atom. The summed E-state index contributed by atoms with van der Waals surface area (Å²) in [6.45, 7) is 6.34. The third kappa shape index (κ3) is 4.80. The maximum Gasteiger partial charge on any atom is 0.232 e. The van der Waals surface area contributed by atoms with Gasteiger partial charge < -0.3 is 14.9 Å². The predicted molar refractivity (Wildman–Crippen MR) is 112 cm³/mol. The lowest BCUT2D eigenvalue weighted by Crippen LogP contribution is -2.54. The molecular formula is C22H29FN2O2S. The molecule has 1 fully saturated rings. The van der Waals surface area contributed by atoms with E-state index < -0.39 is 11.7 Å². The van der Waals surface area contributed by atoms with Crippen LogP contribution in [0, 0.1) is 17.7 Å². The molecule has 152 valence electrons. The standard InChI is InChI=1S/C22H29FN2O2S/c1-16-14-24(11-9-18-6-5-13-28-18)12-10-20(16)25(22(27)17(2)15-26)21-8-4-3-7-19(21)23/h3-8,13,16-17,20,26H,9-12,14-15H2,1-2H3. The fraction of sp³-hybridized carbons (Fsp3) is 0.500. The molecule has 1 saturated heterocycles. The lowest BCUT2D eigenvalue weighted by molar-refractivity contribution is -0.124. The number of thiophene rings is 1. The molecular weight excluding hydrogens is 375 g/mol. The number of hydrogen-bond acceptors (Lipinski definition) is 4. The first-order valence-corrected chi connectivity index (χ1v) is 10.8. The van der Waals surface area contributed by atoms with Crippen molar-refractivity contribution in [2.75, 3.05) is 31.1 Å². The highest BCUT2D eigenvalue weighted by Gasteiger charge is 2.36. The van der Waals surface area contributed by atoms with Crippen molar-refractivity contribution in [1.29, 1.82) is 0 Å². The number of para-hydroxylation sites is 1. The molecule has 1 aliphatic rings. The van der Waals surface area contributed by atoms with Crippen molar-refractivity contribution < 1.29 is 14.3 Å². The number of piperidine rings is 1. The van der Waals surface area contributed by atoms with E-state index in [1.54, 1.807) is 41.4 Å². The summed E-state index contributed by atoms with van der Waals surface area (Å²) in [6.07, 6.45) is 1.83. The first kappa shape index (κ1) is 21.0. The van der Waals surface area contributed by atoms with Gasteiger partial charge in [0.1, 0.15) is 5.82 Å². The van der Waals surface area contributed by atoms with Gasteiger partial charge in [-0.1, -0.05) is 32.0 Å². The van der Waals surface area contributed by atoms with E-state index in [2.05, 4.69) is 29.3 Å². The molecule has 3 atom stereocenters. The van der Waals surface area contributed by atoms with Gasteiger partial charge in [0.2, 0.25) is 5.91 Å². The average Bonchev–Trinajstić information content (AvgIpc) is 3.22. The minimum Gasteiger partial charge on any atom is -0.396 e. The molecule has 0 aliphatic carbocycles. The summed E-state index contributed by atoms with van der Waals surface area (Å²) in [6, 6.07) is 10.6. The Morgan fingerprint density at radius 3 is 2.79 bits per heavy atom. The Labute approximate surface area is 170 Å². The van der Waals surface area contributed by atoms with Crippen LogP contribution in [0.15, 0.2) is 41.8 Å². The average molecular weight is 405 g/mol. The number of carbonyl (C=O) groups is 1. The molecule has 1 aromatic heterocycles. The summed E-state index contributed by atoms with van der Waals surface area (Å²) in [5.74, 6) is -0.944. The number of aliphatic hydroxyl groups excluding tert-OH is 1. The van der Waals surface area contributed by atoms with Gasteiger partial charge in [-0.25, -0.2) is 4.39 Å². The van der Waals surface area contributed by atoms with Crippen molar-refractivity contribution in [2.24, 2.45) is 11.8 Å². The summed E-state index contributed by atoms with van der Waals surface area (Å²) in [4.78, 5) is 18.4. The van der Waals surface area contributed by atoms with Crippen molar-refractivity contribution in [3.8, 4) is 0 Å². The van der Waals surface area contributed by atoms with Crippen LogP contribution >= 0.6 is 11.3 Å². The molecule has 0 spiro atoms. The monoisotopic (exact) mass is 404 g/mol. The van der Waals surface area contributed by atoms with E-state index in [0.717, 1.165) is 32.5 Å². The number of halogens is 1. The summed E-state index contributed by atoms with van der Waals surface area (Å²) >= 11 is 1.78. The van der Waals surface area contributed by atoms with Crippen molar-refractivity contribution >= 4 is 22.9 Å². The van der Waals surface area contributed by atoms with E-state index in [1.165, 1.54) is 10.9 Å². The highest BCUT2D eigenvalue weighted by molar-refractivity contribution is 7.09. The Kier molecular flexibility index (Phi) is 7.21. The van der Waals surface area contributed by atoms with Crippen LogP contribution in [0.25, 0.3) is 0 Å². The zero-order valence-corrected chi connectivity index (χ0v) is 17.4. The fourth-order valence-electron chi connectivity index (χ4n) is 3.95. The first-order chi connectivity index (χ1) is 13.5. The van der Waals surface area contributed by atoms with E-state index in [1.807, 2.05) is 0 Å². The summed E-state index contributed by atoms with van der Waals surface area (Å²) < 4.78 is 14.5. The predicted octanol–water partition coefficient (Wildman–Crippen LogP) is 3.80. The van der Waals surface area contributed by atoms with Gasteiger partial charge >= 0.3 is 0 Å². The molecule has 28 heavy (non-hydrogen) atoms. The normalized spacial score (nSPS) is 21.4. The molecule has 2 heterocycles. The minimum atomic E-state index is -0.552. The van der Waals surface area contributed by atoms with Crippen LogP contribution in [0.3, 0.4) is 0 Å². The van der Waals surface area contributed by atoms with Gasteiger partial charge in [-0.3, -0.25) is 4.79 Å². The zero-order chi connectivity index (χ0) is 20.1. The van der Waals surface area contributed by atoms with Gasteiger partial charge in [0.25, 0.3) is 0 Å². The Balaban J connectivity index is 1.74. The zero-order valence-electron chi connectivity index (χ0n) is 16.6. The van der Waals surface area contributed by atoms with Crippen molar-refractivity contribution in [1.82, 2.24) is 4.90 Å². The van der Waals surface area contributed by atoms with Crippen molar-refractivity contribution in [2.45, 2.75) is 32.7 Å². The smallest absolute Gasteiger partial charge is 0.232 e. The molecule has 3 unspecified atom stereocenters. The van der Waals surface area contributed by atoms with Gasteiger partial charge in [0.05, 0.1) is 18.2 Å². The minimum absolute atomic E-state index is 0.0728. The van der Waals surface area contributed by atoms with Gasteiger partial charge in [-0.15, -0.1) is 11.3 Å². The lowest BCUT2D eigenvalue weighted by atomic mass is 9.90. The summed E-state index contributed by atoms with van der Waals surface area (Å²) in [7, 11) is 0. The highest BCUT2D eigenvalue weighted by Crippen LogP contribution is 2.30. The van der Waals surface area contributed by atoms with E-state index in [-0.39, 0.29) is 24.5 Å². The van der Waals surface area contributed by atoms with Gasteiger partial charge in [0.15, 0.2) is 0 Å². The molecule has 4 nitrogen and oxygen atoms in total. The highest BCUT2D eigenvalue weighted by atomic mass is 32.1. The molecule has 3 rings (SSSR count). The maximum absolute atomic E-state index is 14.5. The summed E-state index contributed by atoms with van der Waals surface area (Å²) in [5, 5.41) is 11.6. The van der Waals surface area contributed by atoms with E-state index >= 15 is 0 Å². The van der Waals surface area contributed by atoms with Crippen LogP contribution in [0.5, 0.6) is 0 Å². The number of anilines is 1. The maximum atomic E-state index is 14.5. The second-order valence-electron chi connectivity index (χ2n) is 7.71. The molecule has 1 aromatic carbocycles. The van der Waals surface area contributed by atoms with E-state index in [4.69, 9.17) is 0 Å². The molecule has 1 N–H and O–H groups in total. The van der Waals surface area contributed by atoms with E-state index in [0.29, 0.717) is 5.69 Å². The van der Waals surface area contributed by atoms with Crippen LogP contribution in [0.4, 0.5) is 10.1 Å². The second kappa shape index (κ2) is 9.63. The van der Waals surface area contributed by atoms with Gasteiger partial charge in [-0.2, -0.15) is 0 Å². The molecule has 0 bridgehead atoms. The quantitative estimate of drug-likeness (QED) is 0.763. The van der Waals surface area contributed by atoms with Crippen LogP contribution in [0.2, 0.25) is 0 Å². The number of nitrogens with zero attached hydrogens (tertiary/aromatic N) is 2. The second-order valence-corrected chi connectivity index (χ2v) is 8.74. The number of aliphatic hydroxyl groups is 1. The van der Waals surface area contributed by atoms with Crippen LogP contribution in [-0.4, -0.2) is 48.2 Å². The lowest BCUT2D eigenvalue weighted by Gasteiger charge is -2.43. The molecule has 0 saturated carbocycles. The Morgan fingerprint density at radius 1 is 1.36 bits per heavy atom. The largest absolute Gasteiger partial charge is 0.396 e. The van der Waals surface area contributed by atoms with Gasteiger partial charge in [0, 0.05) is 30.6 Å². The number of likely N-dealkylation sites (tertiary alicyclic amines) is 1. The number of hydrogen-bond donors (Lipinski definition) is 1. The third-order valence-corrected chi connectivity index (χ3v) is 6.51.